The normalized spacial score (nSPS) is 11.2. The molecule has 1 rings (SSSR count). The number of nitrogens with one attached hydrogen (secondary N) is 1. The van der Waals surface area contributed by atoms with Gasteiger partial charge in [-0.3, -0.25) is 9.59 Å². The first-order valence-electron chi connectivity index (χ1n) is 6.32. The first kappa shape index (κ1) is 15.2. The summed E-state index contributed by atoms with van der Waals surface area (Å²) >= 11 is 0. The lowest BCUT2D eigenvalue weighted by Gasteiger charge is -2.06. The second-order valence-electron chi connectivity index (χ2n) is 4.51. The molecule has 1 amide bonds. The van der Waals surface area contributed by atoms with E-state index in [1.165, 1.54) is 6.08 Å². The molecule has 0 radical (unpaired) electrons. The van der Waals surface area contributed by atoms with Crippen LogP contribution in [-0.4, -0.2) is 36.0 Å². The lowest BCUT2D eigenvalue weighted by Crippen LogP contribution is -2.28. The Morgan fingerprint density at radius 1 is 1.47 bits per heavy atom. The van der Waals surface area contributed by atoms with Gasteiger partial charge in [-0.1, -0.05) is 12.1 Å². The van der Waals surface area contributed by atoms with Gasteiger partial charge in [0.2, 0.25) is 5.91 Å². The fourth-order valence-electron chi connectivity index (χ4n) is 1.58. The van der Waals surface area contributed by atoms with Crippen LogP contribution in [0.4, 0.5) is 0 Å². The molecule has 104 valence electrons. The molecule has 0 aliphatic heterocycles. The molecule has 0 bridgehead atoms. The van der Waals surface area contributed by atoms with E-state index in [4.69, 9.17) is 0 Å². The average molecular weight is 263 g/mol. The van der Waals surface area contributed by atoms with Gasteiger partial charge in [0, 0.05) is 37.5 Å². The molecule has 1 aromatic heterocycles. The summed E-state index contributed by atoms with van der Waals surface area (Å²) in [7, 11) is 3.86. The van der Waals surface area contributed by atoms with Gasteiger partial charge in [0.25, 0.3) is 5.56 Å². The summed E-state index contributed by atoms with van der Waals surface area (Å²) in [5.41, 5.74) is 0.543. The van der Waals surface area contributed by atoms with Gasteiger partial charge >= 0.3 is 0 Å². The van der Waals surface area contributed by atoms with Gasteiger partial charge in [-0.15, -0.1) is 0 Å². The van der Waals surface area contributed by atoms with E-state index in [-0.39, 0.29) is 18.0 Å². The van der Waals surface area contributed by atoms with Crippen molar-refractivity contribution in [2.45, 2.75) is 20.0 Å². The minimum absolute atomic E-state index is 0.0532. The molecule has 0 unspecified atom stereocenters. The van der Waals surface area contributed by atoms with E-state index >= 15 is 0 Å². The largest absolute Gasteiger partial charge is 0.348 e. The zero-order chi connectivity index (χ0) is 14.3. The summed E-state index contributed by atoms with van der Waals surface area (Å²) in [6.07, 6.45) is 5.01. The maximum atomic E-state index is 11.9. The number of carbonyl (C=O) groups excluding carboxylic acids is 1. The quantitative estimate of drug-likeness (QED) is 0.765. The van der Waals surface area contributed by atoms with Crippen LogP contribution >= 0.6 is 0 Å². The van der Waals surface area contributed by atoms with Crippen molar-refractivity contribution >= 4 is 5.91 Å². The molecule has 0 aliphatic rings. The van der Waals surface area contributed by atoms with Crippen LogP contribution in [0.1, 0.15) is 12.5 Å². The van der Waals surface area contributed by atoms with Crippen LogP contribution in [0.3, 0.4) is 0 Å². The van der Waals surface area contributed by atoms with Crippen molar-refractivity contribution in [2.24, 2.45) is 0 Å². The van der Waals surface area contributed by atoms with Crippen LogP contribution in [0.25, 0.3) is 0 Å². The molecule has 1 N–H and O–H groups in total. The Kier molecular flexibility index (Phi) is 6.02. The van der Waals surface area contributed by atoms with E-state index in [1.807, 2.05) is 32.0 Å². The van der Waals surface area contributed by atoms with E-state index in [0.29, 0.717) is 18.7 Å². The van der Waals surface area contributed by atoms with Crippen molar-refractivity contribution in [1.29, 1.82) is 0 Å². The highest BCUT2D eigenvalue weighted by Gasteiger charge is 2.03. The summed E-state index contributed by atoms with van der Waals surface area (Å²) in [6.45, 7) is 3.50. The van der Waals surface area contributed by atoms with E-state index in [2.05, 4.69) is 5.32 Å². The number of rotatable bonds is 6. The lowest BCUT2D eigenvalue weighted by molar-refractivity contribution is -0.116. The fourth-order valence-corrected chi connectivity index (χ4v) is 1.58. The van der Waals surface area contributed by atoms with Gasteiger partial charge in [0.05, 0.1) is 0 Å². The molecule has 0 saturated carbocycles. The molecule has 0 atom stereocenters. The van der Waals surface area contributed by atoms with Crippen molar-refractivity contribution < 1.29 is 4.79 Å². The number of nitrogens with zero attached hydrogens (tertiary/aromatic N) is 2. The minimum atomic E-state index is -0.187. The average Bonchev–Trinajstić information content (AvgIpc) is 2.37. The molecular weight excluding hydrogens is 242 g/mol. The number of amides is 1. The van der Waals surface area contributed by atoms with E-state index in [9.17, 15) is 9.59 Å². The maximum absolute atomic E-state index is 11.9. The predicted octanol–water partition coefficient (Wildman–Crippen LogP) is 0.602. The summed E-state index contributed by atoms with van der Waals surface area (Å²) in [6, 6.07) is 3.55. The Balaban J connectivity index is 2.55. The fraction of sp³-hybridized carbons (Fsp3) is 0.429. The smallest absolute Gasteiger partial charge is 0.255 e. The van der Waals surface area contributed by atoms with Crippen LogP contribution < -0.4 is 10.9 Å². The maximum Gasteiger partial charge on any atom is 0.255 e. The molecule has 1 aromatic rings. The van der Waals surface area contributed by atoms with Crippen molar-refractivity contribution in [2.75, 3.05) is 20.6 Å². The Bertz CT molecular complexity index is 504. The Labute approximate surface area is 113 Å². The second-order valence-corrected chi connectivity index (χ2v) is 4.51. The third-order valence-electron chi connectivity index (χ3n) is 2.63. The van der Waals surface area contributed by atoms with Gasteiger partial charge in [0.15, 0.2) is 0 Å². The molecule has 0 spiro atoms. The van der Waals surface area contributed by atoms with Crippen molar-refractivity contribution in [3.63, 3.8) is 0 Å². The minimum Gasteiger partial charge on any atom is -0.348 e. The highest BCUT2D eigenvalue weighted by Crippen LogP contribution is 1.92. The Morgan fingerprint density at radius 3 is 2.84 bits per heavy atom. The predicted molar refractivity (Wildman–Crippen MR) is 75.9 cm³/mol. The zero-order valence-corrected chi connectivity index (χ0v) is 11.7. The molecule has 1 heterocycles. The third-order valence-corrected chi connectivity index (χ3v) is 2.63. The van der Waals surface area contributed by atoms with Crippen molar-refractivity contribution in [3.05, 3.63) is 46.4 Å². The molecular formula is C14H21N3O2. The summed E-state index contributed by atoms with van der Waals surface area (Å²) < 4.78 is 1.61. The highest BCUT2D eigenvalue weighted by atomic mass is 16.1. The van der Waals surface area contributed by atoms with Gasteiger partial charge in [-0.2, -0.15) is 0 Å². The number of pyridine rings is 1. The number of carbonyl (C=O) groups is 1. The number of aryl methyl sites for hydroxylation is 1. The number of likely N-dealkylation sites (N-methyl/N-ethyl adjacent to an activating group) is 1. The topological polar surface area (TPSA) is 54.3 Å². The van der Waals surface area contributed by atoms with Gasteiger partial charge < -0.3 is 14.8 Å². The van der Waals surface area contributed by atoms with Gasteiger partial charge in [-0.05, 0) is 27.1 Å². The second kappa shape index (κ2) is 7.53. The third kappa shape index (κ3) is 5.09. The standard InChI is InChI=1S/C14H21N3O2/c1-4-17-10-5-7-12(14(17)19)11-15-13(18)8-6-9-16(2)3/h5-8,10H,4,9,11H2,1-3H3,(H,15,18)/b8-6+. The van der Waals surface area contributed by atoms with Crippen LogP contribution in [0.15, 0.2) is 35.3 Å². The lowest BCUT2D eigenvalue weighted by atomic mass is 10.2. The zero-order valence-electron chi connectivity index (χ0n) is 11.7. The van der Waals surface area contributed by atoms with E-state index in [1.54, 1.807) is 22.9 Å². The molecule has 5 nitrogen and oxygen atoms in total. The first-order valence-corrected chi connectivity index (χ1v) is 6.32. The van der Waals surface area contributed by atoms with Crippen LogP contribution in [0.2, 0.25) is 0 Å². The molecule has 0 aromatic carbocycles. The highest BCUT2D eigenvalue weighted by molar-refractivity contribution is 5.87. The molecule has 5 heteroatoms. The summed E-state index contributed by atoms with van der Waals surface area (Å²) in [5.74, 6) is -0.187. The van der Waals surface area contributed by atoms with Crippen LogP contribution in [0.5, 0.6) is 0 Å². The number of aromatic nitrogens is 1. The van der Waals surface area contributed by atoms with E-state index in [0.717, 1.165) is 0 Å². The Morgan fingerprint density at radius 2 is 2.21 bits per heavy atom. The first-order chi connectivity index (χ1) is 9.04. The van der Waals surface area contributed by atoms with Crippen molar-refractivity contribution in [3.8, 4) is 0 Å². The van der Waals surface area contributed by atoms with Crippen molar-refractivity contribution in [1.82, 2.24) is 14.8 Å². The number of hydrogen-bond acceptors (Lipinski definition) is 3. The van der Waals surface area contributed by atoms with Crippen LogP contribution in [0, 0.1) is 0 Å². The van der Waals surface area contributed by atoms with Gasteiger partial charge in [-0.25, -0.2) is 0 Å². The SMILES string of the molecule is CCn1cccc(CNC(=O)/C=C/CN(C)C)c1=O. The molecule has 0 fully saturated rings. The monoisotopic (exact) mass is 263 g/mol. The number of hydrogen-bond donors (Lipinski definition) is 1. The van der Waals surface area contributed by atoms with Crippen LogP contribution in [-0.2, 0) is 17.9 Å². The molecule has 19 heavy (non-hydrogen) atoms. The molecule has 0 aliphatic carbocycles. The van der Waals surface area contributed by atoms with E-state index < -0.39 is 0 Å². The summed E-state index contributed by atoms with van der Waals surface area (Å²) in [5, 5.41) is 2.71. The summed E-state index contributed by atoms with van der Waals surface area (Å²) in [4.78, 5) is 25.4. The van der Waals surface area contributed by atoms with Gasteiger partial charge in [0.1, 0.15) is 0 Å². The Hall–Kier alpha value is -1.88. The molecule has 0 saturated heterocycles.